The molecule has 1 atom stereocenters. The Bertz CT molecular complexity index is 1230. The van der Waals surface area contributed by atoms with Gasteiger partial charge < -0.3 is 14.2 Å². The molecule has 0 saturated carbocycles. The lowest BCUT2D eigenvalue weighted by Gasteiger charge is -2.18. The molecule has 0 aromatic rings. The monoisotopic (exact) mass is 1070 g/mol. The quantitative estimate of drug-likeness (QED) is 0.0261. The average molecular weight is 1070 g/mol. The van der Waals surface area contributed by atoms with Gasteiger partial charge in [0.25, 0.3) is 0 Å². The van der Waals surface area contributed by atoms with Gasteiger partial charge in [-0.3, -0.25) is 14.4 Å². The topological polar surface area (TPSA) is 78.9 Å². The Balaban J connectivity index is 4.22. The van der Waals surface area contributed by atoms with E-state index in [0.29, 0.717) is 19.3 Å². The molecule has 1 unspecified atom stereocenters. The van der Waals surface area contributed by atoms with E-state index in [2.05, 4.69) is 45.1 Å². The van der Waals surface area contributed by atoms with Gasteiger partial charge in [-0.1, -0.05) is 321 Å². The molecule has 0 N–H and O–H groups in total. The van der Waals surface area contributed by atoms with Crippen molar-refractivity contribution >= 4 is 17.9 Å². The predicted molar refractivity (Wildman–Crippen MR) is 330 cm³/mol. The summed E-state index contributed by atoms with van der Waals surface area (Å²) in [6.45, 7) is 6.68. The standard InChI is InChI=1S/C70H132O6/c1-4-7-10-13-16-19-22-25-27-29-31-33-35-37-39-41-43-45-48-51-54-57-60-63-69(72)75-66-67(65-74-68(71)62-59-56-53-50-47-24-21-18-15-12-9-6-3)76-70(73)64-61-58-55-52-49-46-44-42-40-38-36-34-32-30-28-26-23-20-17-14-11-8-5-2/h18,21,29,31,67H,4-17,19-20,22-28,30,32-66H2,1-3H3/b21-18-,31-29-. The van der Waals surface area contributed by atoms with E-state index in [1.54, 1.807) is 0 Å². The molecule has 0 bridgehead atoms. The Morgan fingerprint density at radius 2 is 0.434 bits per heavy atom. The minimum absolute atomic E-state index is 0.0691. The van der Waals surface area contributed by atoms with Crippen molar-refractivity contribution in [2.45, 2.75) is 393 Å². The predicted octanol–water partition coefficient (Wildman–Crippen LogP) is 23.4. The summed E-state index contributed by atoms with van der Waals surface area (Å²) in [6.07, 6.45) is 79.2. The second-order valence-electron chi connectivity index (χ2n) is 23.4. The molecule has 6 heteroatoms. The molecule has 0 aliphatic carbocycles. The highest BCUT2D eigenvalue weighted by atomic mass is 16.6. The molecule has 448 valence electrons. The summed E-state index contributed by atoms with van der Waals surface area (Å²) in [5, 5.41) is 0. The minimum Gasteiger partial charge on any atom is -0.462 e. The van der Waals surface area contributed by atoms with E-state index in [4.69, 9.17) is 14.2 Å². The van der Waals surface area contributed by atoms with Crippen molar-refractivity contribution in [3.8, 4) is 0 Å². The summed E-state index contributed by atoms with van der Waals surface area (Å²) in [6, 6.07) is 0. The van der Waals surface area contributed by atoms with Crippen LogP contribution in [0.1, 0.15) is 387 Å². The summed E-state index contributed by atoms with van der Waals surface area (Å²) < 4.78 is 17.0. The van der Waals surface area contributed by atoms with Gasteiger partial charge in [0, 0.05) is 19.3 Å². The van der Waals surface area contributed by atoms with Crippen LogP contribution in [-0.2, 0) is 28.6 Å². The van der Waals surface area contributed by atoms with Gasteiger partial charge in [0.05, 0.1) is 0 Å². The van der Waals surface area contributed by atoms with Crippen LogP contribution >= 0.6 is 0 Å². The largest absolute Gasteiger partial charge is 0.462 e. The van der Waals surface area contributed by atoms with Crippen LogP contribution in [0.2, 0.25) is 0 Å². The molecule has 0 aromatic heterocycles. The number of rotatable bonds is 64. The van der Waals surface area contributed by atoms with E-state index in [9.17, 15) is 14.4 Å². The van der Waals surface area contributed by atoms with Gasteiger partial charge >= 0.3 is 17.9 Å². The summed E-state index contributed by atoms with van der Waals surface area (Å²) in [5.41, 5.74) is 0. The van der Waals surface area contributed by atoms with Crippen molar-refractivity contribution in [2.75, 3.05) is 13.2 Å². The van der Waals surface area contributed by atoms with Crippen molar-refractivity contribution in [3.63, 3.8) is 0 Å². The molecule has 0 aliphatic heterocycles. The first-order valence-corrected chi connectivity index (χ1v) is 34.3. The molecule has 0 saturated heterocycles. The summed E-state index contributed by atoms with van der Waals surface area (Å²) >= 11 is 0. The number of carbonyl (C=O) groups is 3. The van der Waals surface area contributed by atoms with Crippen molar-refractivity contribution in [1.82, 2.24) is 0 Å². The van der Waals surface area contributed by atoms with Gasteiger partial charge in [0.15, 0.2) is 6.10 Å². The second kappa shape index (κ2) is 65.4. The third kappa shape index (κ3) is 62.7. The Labute approximate surface area is 474 Å². The first-order chi connectivity index (χ1) is 37.5. The molecule has 0 spiro atoms. The van der Waals surface area contributed by atoms with Gasteiger partial charge in [-0.05, 0) is 70.6 Å². The van der Waals surface area contributed by atoms with Crippen molar-refractivity contribution in [2.24, 2.45) is 0 Å². The van der Waals surface area contributed by atoms with E-state index in [1.807, 2.05) is 0 Å². The van der Waals surface area contributed by atoms with E-state index in [-0.39, 0.29) is 31.1 Å². The average Bonchev–Trinajstić information content (AvgIpc) is 3.42. The highest BCUT2D eigenvalue weighted by molar-refractivity contribution is 5.71. The van der Waals surface area contributed by atoms with Crippen molar-refractivity contribution < 1.29 is 28.6 Å². The fourth-order valence-electron chi connectivity index (χ4n) is 10.5. The molecule has 76 heavy (non-hydrogen) atoms. The molecule has 0 heterocycles. The number of unbranched alkanes of at least 4 members (excludes halogenated alkanes) is 49. The van der Waals surface area contributed by atoms with Crippen LogP contribution in [0.25, 0.3) is 0 Å². The second-order valence-corrected chi connectivity index (χ2v) is 23.4. The number of carbonyl (C=O) groups excluding carboxylic acids is 3. The zero-order chi connectivity index (χ0) is 55.0. The van der Waals surface area contributed by atoms with Gasteiger partial charge in [0.1, 0.15) is 13.2 Å². The Morgan fingerprint density at radius 3 is 0.684 bits per heavy atom. The zero-order valence-electron chi connectivity index (χ0n) is 51.6. The number of hydrogen-bond acceptors (Lipinski definition) is 6. The molecule has 0 radical (unpaired) electrons. The normalized spacial score (nSPS) is 12.1. The smallest absolute Gasteiger partial charge is 0.306 e. The lowest BCUT2D eigenvalue weighted by Crippen LogP contribution is -2.30. The number of ether oxygens (including phenoxy) is 3. The van der Waals surface area contributed by atoms with Crippen molar-refractivity contribution in [3.05, 3.63) is 24.3 Å². The Hall–Kier alpha value is -2.11. The number of allylic oxidation sites excluding steroid dienone is 4. The molecule has 6 nitrogen and oxygen atoms in total. The number of esters is 3. The minimum atomic E-state index is -0.772. The molecule has 0 aliphatic rings. The number of hydrogen-bond donors (Lipinski definition) is 0. The van der Waals surface area contributed by atoms with Crippen LogP contribution in [0.4, 0.5) is 0 Å². The molecular formula is C70H132O6. The van der Waals surface area contributed by atoms with E-state index in [1.165, 1.54) is 283 Å². The fraction of sp³-hybridized carbons (Fsp3) is 0.900. The lowest BCUT2D eigenvalue weighted by atomic mass is 10.0. The third-order valence-electron chi connectivity index (χ3n) is 15.7. The first kappa shape index (κ1) is 73.9. The SMILES string of the molecule is CCCCC/C=C\CCCCCCCC(=O)OCC(COC(=O)CCCCCCCCCCCCC/C=C\CCCCCCCCCC)OC(=O)CCCCCCCCCCCCCCCCCCCCCCCCC. The van der Waals surface area contributed by atoms with E-state index < -0.39 is 6.10 Å². The van der Waals surface area contributed by atoms with E-state index >= 15 is 0 Å². The molecule has 0 rings (SSSR count). The highest BCUT2D eigenvalue weighted by Gasteiger charge is 2.19. The first-order valence-electron chi connectivity index (χ1n) is 34.3. The highest BCUT2D eigenvalue weighted by Crippen LogP contribution is 2.18. The van der Waals surface area contributed by atoms with Crippen LogP contribution in [0.5, 0.6) is 0 Å². The fourth-order valence-corrected chi connectivity index (χ4v) is 10.5. The van der Waals surface area contributed by atoms with Gasteiger partial charge in [0.2, 0.25) is 0 Å². The molecular weight excluding hydrogens is 937 g/mol. The van der Waals surface area contributed by atoms with Crippen LogP contribution < -0.4 is 0 Å². The van der Waals surface area contributed by atoms with E-state index in [0.717, 1.165) is 64.2 Å². The maximum absolute atomic E-state index is 12.9. The maximum atomic E-state index is 12.9. The van der Waals surface area contributed by atoms with Crippen LogP contribution in [0.15, 0.2) is 24.3 Å². The van der Waals surface area contributed by atoms with Gasteiger partial charge in [-0.25, -0.2) is 0 Å². The third-order valence-corrected chi connectivity index (χ3v) is 15.7. The van der Waals surface area contributed by atoms with Gasteiger partial charge in [-0.2, -0.15) is 0 Å². The summed E-state index contributed by atoms with van der Waals surface area (Å²) in [5.74, 6) is -0.850. The Morgan fingerprint density at radius 1 is 0.250 bits per heavy atom. The van der Waals surface area contributed by atoms with Gasteiger partial charge in [-0.15, -0.1) is 0 Å². The molecule has 0 fully saturated rings. The van der Waals surface area contributed by atoms with Crippen LogP contribution in [-0.4, -0.2) is 37.2 Å². The van der Waals surface area contributed by atoms with Crippen LogP contribution in [0.3, 0.4) is 0 Å². The maximum Gasteiger partial charge on any atom is 0.306 e. The molecule has 0 aromatic carbocycles. The van der Waals surface area contributed by atoms with Crippen molar-refractivity contribution in [1.29, 1.82) is 0 Å². The summed E-state index contributed by atoms with van der Waals surface area (Å²) in [7, 11) is 0. The lowest BCUT2D eigenvalue weighted by molar-refractivity contribution is -0.167. The summed E-state index contributed by atoms with van der Waals surface area (Å²) in [4.78, 5) is 38.3. The molecule has 0 amide bonds. The zero-order valence-corrected chi connectivity index (χ0v) is 51.6. The Kier molecular flexibility index (Phi) is 63.6. The van der Waals surface area contributed by atoms with Crippen LogP contribution in [0, 0.1) is 0 Å².